The molecule has 0 heterocycles. The molecule has 0 aliphatic heterocycles. The summed E-state index contributed by atoms with van der Waals surface area (Å²) in [6.45, 7) is 4.00. The molecular weight excluding hydrogens is 124 g/mol. The lowest BCUT2D eigenvalue weighted by atomic mass is 10.4. The van der Waals surface area contributed by atoms with Gasteiger partial charge < -0.3 is 0 Å². The monoisotopic (exact) mass is 138 g/mol. The predicted molar refractivity (Wildman–Crippen MR) is 46.7 cm³/mol. The molecule has 56 valence electrons. The number of rotatable bonds is 4. The van der Waals surface area contributed by atoms with Crippen LogP contribution in [-0.4, -0.2) is 12.4 Å². The first kappa shape index (κ1) is 9.08. The van der Waals surface area contributed by atoms with Crippen LogP contribution in [0.25, 0.3) is 0 Å². The van der Waals surface area contributed by atoms with Gasteiger partial charge in [-0.25, -0.2) is 0 Å². The lowest BCUT2D eigenvalue weighted by molar-refractivity contribution is 1.01. The number of hydrogen-bond acceptors (Lipinski definition) is 2. The highest BCUT2D eigenvalue weighted by Gasteiger charge is 1.68. The van der Waals surface area contributed by atoms with Crippen molar-refractivity contribution in [3.63, 3.8) is 0 Å². The lowest BCUT2D eigenvalue weighted by Gasteiger charge is -1.78. The van der Waals surface area contributed by atoms with Gasteiger partial charge in [-0.2, -0.15) is 0 Å². The van der Waals surface area contributed by atoms with Crippen LogP contribution in [0.1, 0.15) is 26.7 Å². The Morgan fingerprint density at radius 3 is 2.50 bits per heavy atom. The first-order valence-electron chi connectivity index (χ1n) is 3.56. The number of unbranched alkanes of at least 4 members (excludes halogenated alkanes) is 1. The Hall–Kier alpha value is -0.920. The van der Waals surface area contributed by atoms with Gasteiger partial charge in [0.2, 0.25) is 0 Å². The Bertz CT molecular complexity index is 134. The van der Waals surface area contributed by atoms with E-state index in [0.717, 1.165) is 12.8 Å². The maximum Gasteiger partial charge on any atom is 0.0446 e. The molecule has 2 heteroatoms. The van der Waals surface area contributed by atoms with Crippen LogP contribution in [0.4, 0.5) is 0 Å². The molecular formula is C8H14N2. The maximum atomic E-state index is 3.98. The largest absolute Gasteiger partial charge is 0.268 e. The molecule has 0 amide bonds. The molecule has 0 aliphatic carbocycles. The third-order valence-electron chi connectivity index (χ3n) is 0.911. The fourth-order valence-electron chi connectivity index (χ4n) is 0.428. The highest BCUT2D eigenvalue weighted by atomic mass is 14.7. The highest BCUT2D eigenvalue weighted by Crippen LogP contribution is 1.81. The Morgan fingerprint density at radius 1 is 1.20 bits per heavy atom. The molecule has 0 atom stereocenters. The summed E-state index contributed by atoms with van der Waals surface area (Å²) < 4.78 is 0. The summed E-state index contributed by atoms with van der Waals surface area (Å²) in [6.07, 6.45) is 9.17. The summed E-state index contributed by atoms with van der Waals surface area (Å²) in [4.78, 5) is 7.83. The van der Waals surface area contributed by atoms with Crippen LogP contribution in [0, 0.1) is 0 Å². The molecule has 0 aromatic carbocycles. The van der Waals surface area contributed by atoms with Gasteiger partial charge in [-0.3, -0.25) is 9.98 Å². The molecule has 0 aliphatic rings. The van der Waals surface area contributed by atoms with Gasteiger partial charge >= 0.3 is 0 Å². The van der Waals surface area contributed by atoms with E-state index in [2.05, 4.69) is 16.9 Å². The zero-order valence-electron chi connectivity index (χ0n) is 6.62. The summed E-state index contributed by atoms with van der Waals surface area (Å²) in [5.74, 6) is 0. The third-order valence-corrected chi connectivity index (χ3v) is 0.911. The van der Waals surface area contributed by atoms with E-state index in [4.69, 9.17) is 0 Å². The van der Waals surface area contributed by atoms with Crippen LogP contribution in [0.2, 0.25) is 0 Å². The van der Waals surface area contributed by atoms with Gasteiger partial charge in [-0.1, -0.05) is 13.3 Å². The molecule has 0 aromatic rings. The number of aliphatic imine (C=N–C) groups is 2. The topological polar surface area (TPSA) is 24.7 Å². The summed E-state index contributed by atoms with van der Waals surface area (Å²) in [6, 6.07) is 0. The van der Waals surface area contributed by atoms with Crippen LogP contribution < -0.4 is 0 Å². The SMILES string of the molecule is CC=N/C=C\N=CCCC. The van der Waals surface area contributed by atoms with E-state index >= 15 is 0 Å². The van der Waals surface area contributed by atoms with Gasteiger partial charge in [0.05, 0.1) is 0 Å². The number of nitrogens with zero attached hydrogens (tertiary/aromatic N) is 2. The quantitative estimate of drug-likeness (QED) is 0.533. The van der Waals surface area contributed by atoms with Crippen molar-refractivity contribution in [2.75, 3.05) is 0 Å². The predicted octanol–water partition coefficient (Wildman–Crippen LogP) is 2.42. The van der Waals surface area contributed by atoms with Gasteiger partial charge in [-0.05, 0) is 13.3 Å². The lowest BCUT2D eigenvalue weighted by Crippen LogP contribution is -1.68. The van der Waals surface area contributed by atoms with E-state index in [-0.39, 0.29) is 0 Å². The molecule has 0 saturated heterocycles. The Labute approximate surface area is 62.4 Å². The molecule has 0 N–H and O–H groups in total. The van der Waals surface area contributed by atoms with Crippen molar-refractivity contribution >= 4 is 12.4 Å². The normalized spacial score (nSPS) is 12.6. The first-order chi connectivity index (χ1) is 4.91. The van der Waals surface area contributed by atoms with Gasteiger partial charge in [0.15, 0.2) is 0 Å². The van der Waals surface area contributed by atoms with Crippen LogP contribution in [0.15, 0.2) is 22.4 Å². The van der Waals surface area contributed by atoms with Gasteiger partial charge in [-0.15, -0.1) is 0 Å². The third kappa shape index (κ3) is 7.08. The van der Waals surface area contributed by atoms with Crippen molar-refractivity contribution in [1.82, 2.24) is 0 Å². The van der Waals surface area contributed by atoms with Crippen LogP contribution in [0.5, 0.6) is 0 Å². The van der Waals surface area contributed by atoms with Gasteiger partial charge in [0.1, 0.15) is 0 Å². The molecule has 2 nitrogen and oxygen atoms in total. The van der Waals surface area contributed by atoms with E-state index in [1.807, 2.05) is 13.1 Å². The van der Waals surface area contributed by atoms with Crippen LogP contribution >= 0.6 is 0 Å². The number of hydrogen-bond donors (Lipinski definition) is 0. The van der Waals surface area contributed by atoms with E-state index < -0.39 is 0 Å². The smallest absolute Gasteiger partial charge is 0.0446 e. The maximum absolute atomic E-state index is 3.98. The second-order valence-electron chi connectivity index (χ2n) is 1.83. The zero-order valence-corrected chi connectivity index (χ0v) is 6.62. The van der Waals surface area contributed by atoms with E-state index in [1.54, 1.807) is 18.6 Å². The van der Waals surface area contributed by atoms with E-state index in [9.17, 15) is 0 Å². The summed E-state index contributed by atoms with van der Waals surface area (Å²) in [5.41, 5.74) is 0. The second-order valence-corrected chi connectivity index (χ2v) is 1.83. The molecule has 0 rings (SSSR count). The van der Waals surface area contributed by atoms with Crippen molar-refractivity contribution in [3.8, 4) is 0 Å². The van der Waals surface area contributed by atoms with E-state index in [1.165, 1.54) is 0 Å². The average molecular weight is 138 g/mol. The minimum atomic E-state index is 1.04. The van der Waals surface area contributed by atoms with E-state index in [0.29, 0.717) is 0 Å². The Morgan fingerprint density at radius 2 is 1.90 bits per heavy atom. The molecule has 0 unspecified atom stereocenters. The first-order valence-corrected chi connectivity index (χ1v) is 3.56. The fraction of sp³-hybridized carbons (Fsp3) is 0.500. The van der Waals surface area contributed by atoms with Crippen LogP contribution in [0.3, 0.4) is 0 Å². The minimum Gasteiger partial charge on any atom is -0.268 e. The summed E-state index contributed by atoms with van der Waals surface area (Å²) >= 11 is 0. The molecule has 0 aromatic heterocycles. The Kier molecular flexibility index (Phi) is 7.34. The molecule has 0 saturated carbocycles. The minimum absolute atomic E-state index is 1.04. The average Bonchev–Trinajstić information content (AvgIpc) is 1.97. The van der Waals surface area contributed by atoms with Crippen molar-refractivity contribution in [2.45, 2.75) is 26.7 Å². The van der Waals surface area contributed by atoms with Crippen LogP contribution in [-0.2, 0) is 0 Å². The molecule has 0 fully saturated rings. The van der Waals surface area contributed by atoms with Crippen molar-refractivity contribution in [1.29, 1.82) is 0 Å². The zero-order chi connectivity index (χ0) is 7.66. The van der Waals surface area contributed by atoms with Gasteiger partial charge in [0.25, 0.3) is 0 Å². The standard InChI is InChI=1S/C8H14N2/c1-3-5-6-10-8-7-9-4-2/h4,6-8H,3,5H2,1-2H3/b8-7-,9-4?,10-6?. The Balaban J connectivity index is 3.32. The van der Waals surface area contributed by atoms with Crippen molar-refractivity contribution < 1.29 is 0 Å². The highest BCUT2D eigenvalue weighted by molar-refractivity contribution is 5.58. The molecule has 0 spiro atoms. The molecule has 0 bridgehead atoms. The van der Waals surface area contributed by atoms with Crippen molar-refractivity contribution in [3.05, 3.63) is 12.4 Å². The van der Waals surface area contributed by atoms with Crippen molar-refractivity contribution in [2.24, 2.45) is 9.98 Å². The van der Waals surface area contributed by atoms with Gasteiger partial charge in [0, 0.05) is 24.8 Å². The summed E-state index contributed by atoms with van der Waals surface area (Å²) in [7, 11) is 0. The molecule has 0 radical (unpaired) electrons. The second kappa shape index (κ2) is 8.08. The fourth-order valence-corrected chi connectivity index (χ4v) is 0.428. The summed E-state index contributed by atoms with van der Waals surface area (Å²) in [5, 5.41) is 0. The molecule has 10 heavy (non-hydrogen) atoms.